The summed E-state index contributed by atoms with van der Waals surface area (Å²) in [5.41, 5.74) is 4.36. The average Bonchev–Trinajstić information content (AvgIpc) is 2.70. The second kappa shape index (κ2) is 6.04. The minimum absolute atomic E-state index is 0.0504. The van der Waals surface area contributed by atoms with Gasteiger partial charge in [-0.05, 0) is 20.8 Å². The Morgan fingerprint density at radius 1 is 1.55 bits per heavy atom. The molecule has 1 rings (SSSR count). The van der Waals surface area contributed by atoms with E-state index in [2.05, 4.69) is 4.72 Å². The number of hydrogen-bond donors (Lipinski definition) is 2. The second-order valence-corrected chi connectivity index (χ2v) is 7.67. The first-order valence-electron chi connectivity index (χ1n) is 5.76. The lowest BCUT2D eigenvalue weighted by molar-refractivity contribution is -0.383. The molecular formula is C10H17N3O5S2. The second-order valence-electron chi connectivity index (χ2n) is 4.59. The van der Waals surface area contributed by atoms with Crippen LogP contribution in [0.3, 0.4) is 0 Å². The normalized spacial score (nSPS) is 12.6. The van der Waals surface area contributed by atoms with Gasteiger partial charge in [-0.15, -0.1) is 0 Å². The van der Waals surface area contributed by atoms with E-state index < -0.39 is 26.2 Å². The molecule has 1 aromatic heterocycles. The van der Waals surface area contributed by atoms with Gasteiger partial charge in [0.05, 0.1) is 10.5 Å². The van der Waals surface area contributed by atoms with Crippen LogP contribution < -0.4 is 10.5 Å². The van der Waals surface area contributed by atoms with Gasteiger partial charge in [-0.3, -0.25) is 10.1 Å². The molecule has 0 saturated carbocycles. The minimum atomic E-state index is -3.84. The number of thiophene rings is 1. The van der Waals surface area contributed by atoms with E-state index in [0.717, 1.165) is 6.07 Å². The predicted molar refractivity (Wildman–Crippen MR) is 76.3 cm³/mol. The summed E-state index contributed by atoms with van der Waals surface area (Å²) >= 11 is 0.658. The summed E-state index contributed by atoms with van der Waals surface area (Å²) in [6.07, 6.45) is 0. The molecule has 3 N–H and O–H groups in total. The Bertz CT molecular complexity index is 594. The van der Waals surface area contributed by atoms with Crippen LogP contribution in [0.15, 0.2) is 10.3 Å². The van der Waals surface area contributed by atoms with Gasteiger partial charge >= 0.3 is 5.69 Å². The summed E-state index contributed by atoms with van der Waals surface area (Å²) in [6.45, 7) is 5.79. The van der Waals surface area contributed by atoms with Gasteiger partial charge < -0.3 is 10.5 Å². The number of nitrogen functional groups attached to an aromatic ring is 1. The molecule has 114 valence electrons. The van der Waals surface area contributed by atoms with Gasteiger partial charge in [0, 0.05) is 19.2 Å². The molecule has 0 aliphatic heterocycles. The van der Waals surface area contributed by atoms with Crippen molar-refractivity contribution in [2.24, 2.45) is 0 Å². The number of hydrogen-bond acceptors (Lipinski definition) is 7. The van der Waals surface area contributed by atoms with Gasteiger partial charge in [0.15, 0.2) is 5.00 Å². The van der Waals surface area contributed by atoms with E-state index in [-0.39, 0.29) is 15.8 Å². The maximum Gasteiger partial charge on any atom is 0.304 e. The molecule has 0 aliphatic rings. The van der Waals surface area contributed by atoms with Crippen LogP contribution in [0.5, 0.6) is 0 Å². The van der Waals surface area contributed by atoms with E-state index in [4.69, 9.17) is 10.5 Å². The zero-order valence-electron chi connectivity index (χ0n) is 11.4. The molecule has 0 aliphatic carbocycles. The number of sulfonamides is 1. The van der Waals surface area contributed by atoms with Crippen molar-refractivity contribution in [3.8, 4) is 0 Å². The van der Waals surface area contributed by atoms with Gasteiger partial charge in [0.1, 0.15) is 4.21 Å². The Morgan fingerprint density at radius 2 is 2.15 bits per heavy atom. The van der Waals surface area contributed by atoms with Crippen LogP contribution >= 0.6 is 11.3 Å². The topological polar surface area (TPSA) is 125 Å². The molecule has 0 bridgehead atoms. The Labute approximate surface area is 121 Å². The largest absolute Gasteiger partial charge is 0.385 e. The molecule has 0 unspecified atom stereocenters. The highest BCUT2D eigenvalue weighted by molar-refractivity contribution is 7.91. The number of nitrogens with zero attached hydrogens (tertiary/aromatic N) is 1. The first-order chi connectivity index (χ1) is 9.09. The molecule has 10 heteroatoms. The van der Waals surface area contributed by atoms with E-state index in [1.807, 2.05) is 0 Å². The fourth-order valence-electron chi connectivity index (χ4n) is 1.43. The summed E-state index contributed by atoms with van der Waals surface area (Å²) in [4.78, 5) is 9.95. The van der Waals surface area contributed by atoms with Crippen molar-refractivity contribution in [3.05, 3.63) is 16.2 Å². The molecule has 0 atom stereocenters. The lowest BCUT2D eigenvalue weighted by atomic mass is 10.1. The van der Waals surface area contributed by atoms with Crippen molar-refractivity contribution in [2.45, 2.75) is 30.6 Å². The Morgan fingerprint density at radius 3 is 2.60 bits per heavy atom. The first kappa shape index (κ1) is 16.8. The summed E-state index contributed by atoms with van der Waals surface area (Å²) in [5.74, 6) is 0. The highest BCUT2D eigenvalue weighted by atomic mass is 32.2. The van der Waals surface area contributed by atoms with Crippen molar-refractivity contribution in [3.63, 3.8) is 0 Å². The summed E-state index contributed by atoms with van der Waals surface area (Å²) < 4.78 is 31.6. The number of nitrogens with two attached hydrogens (primary N) is 1. The quantitative estimate of drug-likeness (QED) is 0.576. The molecule has 0 fully saturated rings. The summed E-state index contributed by atoms with van der Waals surface area (Å²) in [5, 5.41) is 10.5. The highest BCUT2D eigenvalue weighted by Gasteiger charge is 2.27. The lowest BCUT2D eigenvalue weighted by Crippen LogP contribution is -2.40. The van der Waals surface area contributed by atoms with E-state index in [1.54, 1.807) is 20.8 Å². The van der Waals surface area contributed by atoms with Gasteiger partial charge in [-0.1, -0.05) is 11.3 Å². The SMILES string of the molecule is CCOC(C)(C)CNS(=O)(=O)c1cc([N+](=O)[O-])c(N)s1. The first-order valence-corrected chi connectivity index (χ1v) is 8.06. The van der Waals surface area contributed by atoms with E-state index >= 15 is 0 Å². The molecule has 8 nitrogen and oxygen atoms in total. The average molecular weight is 323 g/mol. The molecular weight excluding hydrogens is 306 g/mol. The smallest absolute Gasteiger partial charge is 0.304 e. The third-order valence-corrected chi connectivity index (χ3v) is 5.23. The van der Waals surface area contributed by atoms with Gasteiger partial charge in [0.25, 0.3) is 0 Å². The zero-order chi connectivity index (χ0) is 15.6. The zero-order valence-corrected chi connectivity index (χ0v) is 13.0. The fourth-order valence-corrected chi connectivity index (χ4v) is 3.89. The number of ether oxygens (including phenoxy) is 1. The van der Waals surface area contributed by atoms with E-state index in [1.165, 1.54) is 0 Å². The molecule has 0 spiro atoms. The van der Waals surface area contributed by atoms with E-state index in [0.29, 0.717) is 17.9 Å². The number of rotatable bonds is 7. The van der Waals surface area contributed by atoms with Gasteiger partial charge in [-0.2, -0.15) is 0 Å². The maximum atomic E-state index is 12.0. The highest BCUT2D eigenvalue weighted by Crippen LogP contribution is 2.34. The van der Waals surface area contributed by atoms with Crippen molar-refractivity contribution >= 4 is 32.0 Å². The van der Waals surface area contributed by atoms with Gasteiger partial charge in [0.2, 0.25) is 10.0 Å². The van der Waals surface area contributed by atoms with Crippen molar-refractivity contribution in [2.75, 3.05) is 18.9 Å². The monoisotopic (exact) mass is 323 g/mol. The van der Waals surface area contributed by atoms with Crippen LogP contribution in [0.4, 0.5) is 10.7 Å². The number of nitrogens with one attached hydrogen (secondary N) is 1. The maximum absolute atomic E-state index is 12.0. The van der Waals surface area contributed by atoms with Crippen molar-refractivity contribution < 1.29 is 18.1 Å². The molecule has 1 aromatic rings. The lowest BCUT2D eigenvalue weighted by Gasteiger charge is -2.24. The van der Waals surface area contributed by atoms with Crippen LogP contribution in [0.25, 0.3) is 0 Å². The van der Waals surface area contributed by atoms with E-state index in [9.17, 15) is 18.5 Å². The Kier molecular flexibility index (Phi) is 5.08. The Hall–Kier alpha value is -1.23. The van der Waals surface area contributed by atoms with Crippen molar-refractivity contribution in [1.82, 2.24) is 4.72 Å². The fraction of sp³-hybridized carbons (Fsp3) is 0.600. The number of anilines is 1. The third kappa shape index (κ3) is 4.13. The molecule has 0 saturated heterocycles. The van der Waals surface area contributed by atoms with Crippen LogP contribution in [-0.4, -0.2) is 32.1 Å². The van der Waals surface area contributed by atoms with Crippen LogP contribution in [0, 0.1) is 10.1 Å². The molecule has 20 heavy (non-hydrogen) atoms. The van der Waals surface area contributed by atoms with Crippen LogP contribution in [-0.2, 0) is 14.8 Å². The summed E-state index contributed by atoms with van der Waals surface area (Å²) in [6, 6.07) is 0.954. The standard InChI is InChI=1S/C10H17N3O5S2/c1-4-18-10(2,3)6-12-20(16,17)8-5-7(13(14)15)9(11)19-8/h5,12H,4,6,11H2,1-3H3. The molecule has 0 amide bonds. The number of nitro groups is 1. The predicted octanol–water partition coefficient (Wildman–Crippen LogP) is 1.33. The minimum Gasteiger partial charge on any atom is -0.385 e. The van der Waals surface area contributed by atoms with Gasteiger partial charge in [-0.25, -0.2) is 13.1 Å². The van der Waals surface area contributed by atoms with Crippen molar-refractivity contribution in [1.29, 1.82) is 0 Å². The summed E-state index contributed by atoms with van der Waals surface area (Å²) in [7, 11) is -3.84. The van der Waals surface area contributed by atoms with Crippen LogP contribution in [0.1, 0.15) is 20.8 Å². The van der Waals surface area contributed by atoms with Crippen LogP contribution in [0.2, 0.25) is 0 Å². The molecule has 1 heterocycles. The third-order valence-electron chi connectivity index (χ3n) is 2.40. The molecule has 0 radical (unpaired) electrons. The Balaban J connectivity index is 2.90. The molecule has 0 aromatic carbocycles.